The van der Waals surface area contributed by atoms with Crippen LogP contribution in [-0.4, -0.2) is 36.7 Å². The van der Waals surface area contributed by atoms with Crippen molar-refractivity contribution in [2.45, 2.75) is 47.5 Å². The molecule has 4 heteroatoms. The second kappa shape index (κ2) is 23.2. The van der Waals surface area contributed by atoms with Crippen LogP contribution in [0.4, 0.5) is 0 Å². The molecule has 0 aliphatic rings. The minimum Gasteiger partial charge on any atom is -0.317 e. The standard InChI is InChI=1S/C19H29N3.C3H5Cl.C2H6/c1-4-7-15-21-22(19(5-2)13-16-20-6-3)17-14-18-11-9-8-10-12-18;1-2-3-4;1-2/h4-5,7-12,15,20H,6,13-14,16-17H2,1-3H3;2H,1,3H2;1-2H3/b7-4+,19-5+,21-15+;;. The molecule has 0 aliphatic carbocycles. The maximum Gasteiger partial charge on any atom is 0.0471 e. The normalized spacial score (nSPS) is 10.9. The number of nitrogens with zero attached hydrogens (tertiary/aromatic N) is 2. The first-order chi connectivity index (χ1) is 13.7. The van der Waals surface area contributed by atoms with E-state index in [0.29, 0.717) is 5.88 Å². The van der Waals surface area contributed by atoms with Crippen molar-refractivity contribution in [2.24, 2.45) is 5.10 Å². The molecule has 1 N–H and O–H groups in total. The highest BCUT2D eigenvalue weighted by Crippen LogP contribution is 2.11. The Hall–Kier alpha value is -1.84. The molecular weight excluding hydrogens is 366 g/mol. The highest BCUT2D eigenvalue weighted by Gasteiger charge is 2.07. The second-order valence-corrected chi connectivity index (χ2v) is 5.78. The Morgan fingerprint density at radius 3 is 2.36 bits per heavy atom. The van der Waals surface area contributed by atoms with Gasteiger partial charge in [-0.15, -0.1) is 18.2 Å². The van der Waals surface area contributed by atoms with Gasteiger partial charge in [-0.1, -0.05) is 69.3 Å². The summed E-state index contributed by atoms with van der Waals surface area (Å²) in [6.07, 6.45) is 11.6. The van der Waals surface area contributed by atoms with Gasteiger partial charge in [0.1, 0.15) is 0 Å². The maximum atomic E-state index is 5.07. The molecule has 0 saturated heterocycles. The summed E-state index contributed by atoms with van der Waals surface area (Å²) >= 11 is 5.07. The number of nitrogens with one attached hydrogen (secondary N) is 1. The molecule has 0 spiro atoms. The third-order valence-electron chi connectivity index (χ3n) is 3.52. The lowest BCUT2D eigenvalue weighted by atomic mass is 10.1. The van der Waals surface area contributed by atoms with Gasteiger partial charge in [0, 0.05) is 37.3 Å². The summed E-state index contributed by atoms with van der Waals surface area (Å²) in [6.45, 7) is 16.4. The van der Waals surface area contributed by atoms with Gasteiger partial charge in [0.2, 0.25) is 0 Å². The lowest BCUT2D eigenvalue weighted by Crippen LogP contribution is -2.24. The first kappa shape index (κ1) is 28.4. The van der Waals surface area contributed by atoms with Gasteiger partial charge in [-0.2, -0.15) is 5.10 Å². The largest absolute Gasteiger partial charge is 0.317 e. The second-order valence-electron chi connectivity index (χ2n) is 5.48. The van der Waals surface area contributed by atoms with E-state index in [9.17, 15) is 0 Å². The molecule has 0 heterocycles. The molecule has 28 heavy (non-hydrogen) atoms. The van der Waals surface area contributed by atoms with Gasteiger partial charge < -0.3 is 5.32 Å². The molecule has 0 aliphatic heterocycles. The maximum absolute atomic E-state index is 5.07. The molecular formula is C24H40ClN3. The van der Waals surface area contributed by atoms with Crippen molar-refractivity contribution in [2.75, 3.05) is 25.5 Å². The van der Waals surface area contributed by atoms with E-state index in [4.69, 9.17) is 11.6 Å². The summed E-state index contributed by atoms with van der Waals surface area (Å²) in [6, 6.07) is 10.6. The fourth-order valence-corrected chi connectivity index (χ4v) is 2.18. The predicted molar refractivity (Wildman–Crippen MR) is 129 cm³/mol. The highest BCUT2D eigenvalue weighted by molar-refractivity contribution is 6.18. The van der Waals surface area contributed by atoms with Crippen LogP contribution in [0.3, 0.4) is 0 Å². The first-order valence-electron chi connectivity index (χ1n) is 10.2. The van der Waals surface area contributed by atoms with Gasteiger partial charge in [0.25, 0.3) is 0 Å². The number of benzene rings is 1. The van der Waals surface area contributed by atoms with Crippen LogP contribution in [0.25, 0.3) is 0 Å². The molecule has 0 bridgehead atoms. The fraction of sp³-hybridized carbons (Fsp3) is 0.458. The van der Waals surface area contributed by atoms with Gasteiger partial charge in [-0.25, -0.2) is 0 Å². The van der Waals surface area contributed by atoms with Crippen LogP contribution in [0, 0.1) is 0 Å². The van der Waals surface area contributed by atoms with Gasteiger partial charge in [-0.3, -0.25) is 5.01 Å². The van der Waals surface area contributed by atoms with Gasteiger partial charge in [-0.05, 0) is 38.5 Å². The molecule has 0 fully saturated rings. The van der Waals surface area contributed by atoms with Crippen LogP contribution in [0.5, 0.6) is 0 Å². The van der Waals surface area contributed by atoms with Crippen LogP contribution in [-0.2, 0) is 6.42 Å². The smallest absolute Gasteiger partial charge is 0.0471 e. The van der Waals surface area contributed by atoms with Gasteiger partial charge >= 0.3 is 0 Å². The zero-order valence-electron chi connectivity index (χ0n) is 18.5. The number of allylic oxidation sites excluding steroid dienone is 4. The third kappa shape index (κ3) is 16.3. The monoisotopic (exact) mass is 405 g/mol. The van der Waals surface area contributed by atoms with E-state index < -0.39 is 0 Å². The van der Waals surface area contributed by atoms with E-state index in [1.165, 1.54) is 11.3 Å². The summed E-state index contributed by atoms with van der Waals surface area (Å²) in [7, 11) is 0. The molecule has 1 aromatic rings. The molecule has 1 aromatic carbocycles. The third-order valence-corrected chi connectivity index (χ3v) is 3.74. The number of hydrogen-bond donors (Lipinski definition) is 1. The Morgan fingerprint density at radius 1 is 1.21 bits per heavy atom. The van der Waals surface area contributed by atoms with E-state index in [1.807, 2.05) is 39.1 Å². The van der Waals surface area contributed by atoms with E-state index in [2.05, 4.69) is 72.3 Å². The highest BCUT2D eigenvalue weighted by atomic mass is 35.5. The molecule has 158 valence electrons. The van der Waals surface area contributed by atoms with E-state index in [-0.39, 0.29) is 0 Å². The average Bonchev–Trinajstić information content (AvgIpc) is 2.76. The van der Waals surface area contributed by atoms with E-state index in [0.717, 1.165) is 32.5 Å². The summed E-state index contributed by atoms with van der Waals surface area (Å²) < 4.78 is 0. The lowest BCUT2D eigenvalue weighted by Gasteiger charge is -2.22. The topological polar surface area (TPSA) is 27.6 Å². The van der Waals surface area contributed by atoms with E-state index in [1.54, 1.807) is 6.08 Å². The van der Waals surface area contributed by atoms with Gasteiger partial charge in [0.15, 0.2) is 0 Å². The Morgan fingerprint density at radius 2 is 1.86 bits per heavy atom. The Kier molecular flexibility index (Phi) is 23.5. The SMILES string of the molecule is C/C=C/C=N/N(CCc1ccccc1)/C(=C/C)CCNCC.C=CCCl.CC. The minimum absolute atomic E-state index is 0.556. The fourth-order valence-electron chi connectivity index (χ4n) is 2.18. The molecule has 0 amide bonds. The van der Waals surface area contributed by atoms with Crippen molar-refractivity contribution in [3.8, 4) is 0 Å². The van der Waals surface area contributed by atoms with Crippen molar-refractivity contribution >= 4 is 17.8 Å². The number of halogens is 1. The zero-order chi connectivity index (χ0) is 21.5. The number of alkyl halides is 1. The molecule has 1 rings (SSSR count). The summed E-state index contributed by atoms with van der Waals surface area (Å²) in [4.78, 5) is 0. The van der Waals surface area contributed by atoms with Crippen LogP contribution < -0.4 is 5.32 Å². The number of hydrazone groups is 1. The van der Waals surface area contributed by atoms with Crippen molar-refractivity contribution < 1.29 is 0 Å². The van der Waals surface area contributed by atoms with Crippen LogP contribution in [0.2, 0.25) is 0 Å². The number of hydrogen-bond acceptors (Lipinski definition) is 3. The first-order valence-corrected chi connectivity index (χ1v) is 10.8. The van der Waals surface area contributed by atoms with Crippen molar-refractivity contribution in [1.29, 1.82) is 0 Å². The minimum atomic E-state index is 0.556. The quantitative estimate of drug-likeness (QED) is 0.151. The van der Waals surface area contributed by atoms with Crippen LogP contribution in [0.1, 0.15) is 46.6 Å². The number of rotatable bonds is 11. The molecule has 0 unspecified atom stereocenters. The van der Waals surface area contributed by atoms with E-state index >= 15 is 0 Å². The van der Waals surface area contributed by atoms with Crippen molar-refractivity contribution in [3.63, 3.8) is 0 Å². The Bertz CT molecular complexity index is 536. The van der Waals surface area contributed by atoms with Crippen molar-refractivity contribution in [3.05, 3.63) is 72.5 Å². The summed E-state index contributed by atoms with van der Waals surface area (Å²) in [5.74, 6) is 0.556. The predicted octanol–water partition coefficient (Wildman–Crippen LogP) is 6.43. The molecule has 3 nitrogen and oxygen atoms in total. The Labute approximate surface area is 178 Å². The van der Waals surface area contributed by atoms with Gasteiger partial charge in [0.05, 0.1) is 0 Å². The Balaban J connectivity index is 0. The van der Waals surface area contributed by atoms with Crippen molar-refractivity contribution in [1.82, 2.24) is 10.3 Å². The van der Waals surface area contributed by atoms with Crippen LogP contribution >= 0.6 is 11.6 Å². The summed E-state index contributed by atoms with van der Waals surface area (Å²) in [5.41, 5.74) is 2.61. The summed E-state index contributed by atoms with van der Waals surface area (Å²) in [5, 5.41) is 10.1. The molecule has 0 radical (unpaired) electrons. The zero-order valence-corrected chi connectivity index (χ0v) is 19.3. The average molecular weight is 406 g/mol. The lowest BCUT2D eigenvalue weighted by molar-refractivity contribution is 0.354. The molecule has 0 atom stereocenters. The molecule has 0 saturated carbocycles. The molecule has 0 aromatic heterocycles. The van der Waals surface area contributed by atoms with Crippen LogP contribution in [0.15, 0.2) is 72.0 Å².